The fraction of sp³-hybridized carbons (Fsp3) is 0.533. The van der Waals surface area contributed by atoms with Crippen molar-refractivity contribution in [3.8, 4) is 5.75 Å². The minimum atomic E-state index is -0.224. The fourth-order valence-electron chi connectivity index (χ4n) is 2.21. The largest absolute Gasteiger partial charge is 0.483 e. The summed E-state index contributed by atoms with van der Waals surface area (Å²) in [4.78, 5) is 11.7. The second kappa shape index (κ2) is 5.51. The number of hydrogen-bond acceptors (Lipinski definition) is 3. The van der Waals surface area contributed by atoms with Crippen molar-refractivity contribution in [2.45, 2.75) is 39.2 Å². The van der Waals surface area contributed by atoms with Gasteiger partial charge in [-0.25, -0.2) is 0 Å². The van der Waals surface area contributed by atoms with Crippen molar-refractivity contribution < 1.29 is 9.53 Å². The molecule has 0 aliphatic carbocycles. The van der Waals surface area contributed by atoms with Gasteiger partial charge in [0.15, 0.2) is 6.61 Å². The molecule has 19 heavy (non-hydrogen) atoms. The number of carbonyl (C=O) groups excluding carboxylic acids is 1. The number of carbonyl (C=O) groups is 1. The van der Waals surface area contributed by atoms with E-state index < -0.39 is 0 Å². The summed E-state index contributed by atoms with van der Waals surface area (Å²) in [5.41, 5.74) is 2.08. The van der Waals surface area contributed by atoms with Crippen LogP contribution in [0, 0.1) is 0 Å². The van der Waals surface area contributed by atoms with Gasteiger partial charge in [-0.1, -0.05) is 6.07 Å². The maximum atomic E-state index is 11.7. The zero-order valence-corrected chi connectivity index (χ0v) is 11.9. The Morgan fingerprint density at radius 1 is 1.42 bits per heavy atom. The highest BCUT2D eigenvalue weighted by atomic mass is 16.5. The third kappa shape index (κ3) is 3.88. The highest BCUT2D eigenvalue weighted by molar-refractivity contribution is 5.78. The zero-order chi connectivity index (χ0) is 13.9. The van der Waals surface area contributed by atoms with Crippen molar-refractivity contribution >= 4 is 11.6 Å². The van der Waals surface area contributed by atoms with Crippen molar-refractivity contribution in [3.63, 3.8) is 0 Å². The Bertz CT molecular complexity index is 464. The van der Waals surface area contributed by atoms with E-state index in [1.54, 1.807) is 0 Å². The summed E-state index contributed by atoms with van der Waals surface area (Å²) in [6.07, 6.45) is 2.10. The molecule has 1 heterocycles. The number of nitrogens with one attached hydrogen (secondary N) is 2. The normalized spacial score (nSPS) is 14.3. The number of anilines is 1. The predicted octanol–water partition coefficient (Wildman–Crippen LogP) is 2.34. The average molecular weight is 262 g/mol. The standard InChI is InChI=1S/C15H22N2O2/c1-15(2,3)17-14(18)10-19-13-8-4-7-12-11(13)6-5-9-16-12/h4,7-8,16H,5-6,9-10H2,1-3H3,(H,17,18). The van der Waals surface area contributed by atoms with Crippen molar-refractivity contribution in [1.29, 1.82) is 0 Å². The van der Waals surface area contributed by atoms with E-state index in [0.717, 1.165) is 30.8 Å². The number of amides is 1. The average Bonchev–Trinajstić information content (AvgIpc) is 2.34. The first-order valence-electron chi connectivity index (χ1n) is 6.75. The lowest BCUT2D eigenvalue weighted by Gasteiger charge is -2.22. The molecule has 0 atom stereocenters. The Kier molecular flexibility index (Phi) is 3.98. The maximum Gasteiger partial charge on any atom is 0.258 e. The van der Waals surface area contributed by atoms with Crippen LogP contribution in [0.4, 0.5) is 5.69 Å². The summed E-state index contributed by atoms with van der Waals surface area (Å²) in [6.45, 7) is 6.94. The van der Waals surface area contributed by atoms with Crippen LogP contribution in [0.1, 0.15) is 32.8 Å². The van der Waals surface area contributed by atoms with Gasteiger partial charge in [0, 0.05) is 23.3 Å². The Balaban J connectivity index is 1.98. The quantitative estimate of drug-likeness (QED) is 0.879. The minimum Gasteiger partial charge on any atom is -0.483 e. The smallest absolute Gasteiger partial charge is 0.258 e. The predicted molar refractivity (Wildman–Crippen MR) is 76.6 cm³/mol. The van der Waals surface area contributed by atoms with Gasteiger partial charge in [0.05, 0.1) is 0 Å². The lowest BCUT2D eigenvalue weighted by atomic mass is 10.0. The van der Waals surface area contributed by atoms with E-state index in [9.17, 15) is 4.79 Å². The van der Waals surface area contributed by atoms with E-state index in [-0.39, 0.29) is 18.1 Å². The summed E-state index contributed by atoms with van der Waals surface area (Å²) in [5.74, 6) is 0.725. The maximum absolute atomic E-state index is 11.7. The molecular formula is C15H22N2O2. The van der Waals surface area contributed by atoms with Gasteiger partial charge < -0.3 is 15.4 Å². The highest BCUT2D eigenvalue weighted by Crippen LogP contribution is 2.30. The Morgan fingerprint density at radius 2 is 2.21 bits per heavy atom. The molecule has 4 nitrogen and oxygen atoms in total. The topological polar surface area (TPSA) is 50.4 Å². The molecule has 0 unspecified atom stereocenters. The molecule has 104 valence electrons. The van der Waals surface area contributed by atoms with Crippen LogP contribution in [0.15, 0.2) is 18.2 Å². The van der Waals surface area contributed by atoms with E-state index in [0.29, 0.717) is 0 Å². The van der Waals surface area contributed by atoms with Gasteiger partial charge in [0.25, 0.3) is 5.91 Å². The van der Waals surface area contributed by atoms with Gasteiger partial charge in [-0.3, -0.25) is 4.79 Å². The van der Waals surface area contributed by atoms with Crippen LogP contribution >= 0.6 is 0 Å². The molecule has 1 aliphatic rings. The van der Waals surface area contributed by atoms with Crippen LogP contribution in [0.5, 0.6) is 5.75 Å². The first-order chi connectivity index (χ1) is 8.96. The summed E-state index contributed by atoms with van der Waals surface area (Å²) < 4.78 is 5.66. The SMILES string of the molecule is CC(C)(C)NC(=O)COc1cccc2c1CCCN2. The Morgan fingerprint density at radius 3 is 2.95 bits per heavy atom. The van der Waals surface area contributed by atoms with Crippen LogP contribution in [0.25, 0.3) is 0 Å². The molecule has 2 rings (SSSR count). The first kappa shape index (κ1) is 13.7. The van der Waals surface area contributed by atoms with E-state index in [2.05, 4.69) is 16.7 Å². The molecular weight excluding hydrogens is 240 g/mol. The van der Waals surface area contributed by atoms with Crippen molar-refractivity contribution in [3.05, 3.63) is 23.8 Å². The minimum absolute atomic E-state index is 0.0632. The van der Waals surface area contributed by atoms with Crippen LogP contribution in [0.3, 0.4) is 0 Å². The van der Waals surface area contributed by atoms with Crippen LogP contribution in [0.2, 0.25) is 0 Å². The number of rotatable bonds is 3. The molecule has 2 N–H and O–H groups in total. The summed E-state index contributed by atoms with van der Waals surface area (Å²) >= 11 is 0. The van der Waals surface area contributed by atoms with Crippen LogP contribution in [-0.4, -0.2) is 24.6 Å². The second-order valence-electron chi connectivity index (χ2n) is 5.90. The number of fused-ring (bicyclic) bond motifs is 1. The third-order valence-electron chi connectivity index (χ3n) is 2.93. The lowest BCUT2D eigenvalue weighted by Crippen LogP contribution is -2.43. The van der Waals surface area contributed by atoms with Crippen molar-refractivity contribution in [2.24, 2.45) is 0 Å². The van der Waals surface area contributed by atoms with Gasteiger partial charge in [0.2, 0.25) is 0 Å². The van der Waals surface area contributed by atoms with Crippen molar-refractivity contribution in [1.82, 2.24) is 5.32 Å². The summed E-state index contributed by atoms with van der Waals surface area (Å²) in [6, 6.07) is 5.93. The van der Waals surface area contributed by atoms with Crippen molar-refractivity contribution in [2.75, 3.05) is 18.5 Å². The van der Waals surface area contributed by atoms with Gasteiger partial charge in [-0.2, -0.15) is 0 Å². The fourth-order valence-corrected chi connectivity index (χ4v) is 2.21. The Labute approximate surface area is 114 Å². The zero-order valence-electron chi connectivity index (χ0n) is 11.9. The molecule has 1 amide bonds. The molecule has 1 aromatic carbocycles. The molecule has 0 radical (unpaired) electrons. The summed E-state index contributed by atoms with van der Waals surface area (Å²) in [7, 11) is 0. The first-order valence-corrected chi connectivity index (χ1v) is 6.75. The lowest BCUT2D eigenvalue weighted by molar-refractivity contribution is -0.124. The van der Waals surface area contributed by atoms with E-state index in [1.807, 2.05) is 32.9 Å². The second-order valence-corrected chi connectivity index (χ2v) is 5.90. The van der Waals surface area contributed by atoms with E-state index in [1.165, 1.54) is 5.56 Å². The molecule has 4 heteroatoms. The van der Waals surface area contributed by atoms with Crippen LogP contribution < -0.4 is 15.4 Å². The van der Waals surface area contributed by atoms with Gasteiger partial charge in [0.1, 0.15) is 5.75 Å². The molecule has 0 fully saturated rings. The number of ether oxygens (including phenoxy) is 1. The van der Waals surface area contributed by atoms with Gasteiger partial charge in [-0.05, 0) is 45.7 Å². The van der Waals surface area contributed by atoms with Crippen LogP contribution in [-0.2, 0) is 11.2 Å². The molecule has 0 spiro atoms. The molecule has 1 aromatic rings. The van der Waals surface area contributed by atoms with E-state index in [4.69, 9.17) is 4.74 Å². The monoisotopic (exact) mass is 262 g/mol. The van der Waals surface area contributed by atoms with Gasteiger partial charge in [-0.15, -0.1) is 0 Å². The summed E-state index contributed by atoms with van der Waals surface area (Å²) in [5, 5.41) is 6.24. The van der Waals surface area contributed by atoms with Gasteiger partial charge >= 0.3 is 0 Å². The molecule has 0 saturated heterocycles. The third-order valence-corrected chi connectivity index (χ3v) is 2.93. The molecule has 0 bridgehead atoms. The molecule has 0 aromatic heterocycles. The Hall–Kier alpha value is -1.71. The van der Waals surface area contributed by atoms with E-state index >= 15 is 0 Å². The number of benzene rings is 1. The molecule has 1 aliphatic heterocycles. The molecule has 0 saturated carbocycles. The highest BCUT2D eigenvalue weighted by Gasteiger charge is 2.16. The number of hydrogen-bond donors (Lipinski definition) is 2.